The zero-order valence-corrected chi connectivity index (χ0v) is 15.0. The van der Waals surface area contributed by atoms with Crippen LogP contribution in [0.2, 0.25) is 5.02 Å². The van der Waals surface area contributed by atoms with E-state index in [1.165, 1.54) is 0 Å². The molecule has 0 saturated heterocycles. The van der Waals surface area contributed by atoms with E-state index in [1.807, 2.05) is 41.7 Å². The molecule has 0 aliphatic heterocycles. The van der Waals surface area contributed by atoms with Crippen molar-refractivity contribution < 1.29 is 5.11 Å². The lowest BCUT2D eigenvalue weighted by Gasteiger charge is -2.37. The molecule has 1 aliphatic carbocycles. The van der Waals surface area contributed by atoms with Crippen molar-refractivity contribution in [2.75, 3.05) is 0 Å². The number of aromatic nitrogens is 4. The van der Waals surface area contributed by atoms with Gasteiger partial charge in [0.2, 0.25) is 0 Å². The Morgan fingerprint density at radius 2 is 2.04 bits per heavy atom. The predicted molar refractivity (Wildman–Crippen MR) is 101 cm³/mol. The summed E-state index contributed by atoms with van der Waals surface area (Å²) in [4.78, 5) is 13.7. The first-order chi connectivity index (χ1) is 12.6. The van der Waals surface area contributed by atoms with Crippen LogP contribution in [-0.2, 0) is 5.60 Å². The van der Waals surface area contributed by atoms with E-state index in [1.54, 1.807) is 12.4 Å². The van der Waals surface area contributed by atoms with Crippen molar-refractivity contribution in [3.63, 3.8) is 0 Å². The van der Waals surface area contributed by atoms with Gasteiger partial charge in [0.05, 0.1) is 28.0 Å². The molecule has 1 fully saturated rings. The number of halogens is 1. The lowest BCUT2D eigenvalue weighted by Crippen LogP contribution is -2.33. The average molecular weight is 365 g/mol. The number of aryl methyl sites for hydroxylation is 1. The number of rotatable bonds is 2. The van der Waals surface area contributed by atoms with Gasteiger partial charge in [-0.15, -0.1) is 0 Å². The number of imidazole rings is 1. The largest absolute Gasteiger partial charge is 0.385 e. The fourth-order valence-electron chi connectivity index (χ4n) is 3.68. The van der Waals surface area contributed by atoms with Crippen LogP contribution in [0.5, 0.6) is 0 Å². The van der Waals surface area contributed by atoms with Gasteiger partial charge in [0.1, 0.15) is 11.3 Å². The third-order valence-electron chi connectivity index (χ3n) is 5.32. The van der Waals surface area contributed by atoms with E-state index in [0.717, 1.165) is 52.8 Å². The first kappa shape index (κ1) is 15.7. The molecule has 5 rings (SSSR count). The Morgan fingerprint density at radius 3 is 2.81 bits per heavy atom. The lowest BCUT2D eigenvalue weighted by atomic mass is 9.75. The van der Waals surface area contributed by atoms with Crippen molar-refractivity contribution in [3.05, 3.63) is 59.0 Å². The van der Waals surface area contributed by atoms with E-state index in [2.05, 4.69) is 15.0 Å². The Hall–Kier alpha value is -2.50. The number of hydrogen-bond acceptors (Lipinski definition) is 4. The van der Waals surface area contributed by atoms with Crippen LogP contribution in [0.25, 0.3) is 28.1 Å². The topological polar surface area (TPSA) is 63.3 Å². The van der Waals surface area contributed by atoms with Crippen molar-refractivity contribution in [1.29, 1.82) is 0 Å². The highest BCUT2D eigenvalue weighted by atomic mass is 35.5. The van der Waals surface area contributed by atoms with Crippen molar-refractivity contribution >= 4 is 28.3 Å². The maximum Gasteiger partial charge on any atom is 0.164 e. The molecule has 6 heteroatoms. The van der Waals surface area contributed by atoms with Crippen LogP contribution in [-0.4, -0.2) is 24.5 Å². The first-order valence-electron chi connectivity index (χ1n) is 8.68. The molecule has 1 aliphatic rings. The van der Waals surface area contributed by atoms with E-state index in [0.29, 0.717) is 10.8 Å². The minimum Gasteiger partial charge on any atom is -0.385 e. The Balaban J connectivity index is 1.81. The molecule has 1 N–H and O–H groups in total. The number of fused-ring (bicyclic) bond motifs is 3. The number of benzene rings is 1. The van der Waals surface area contributed by atoms with Gasteiger partial charge in [0.15, 0.2) is 5.65 Å². The lowest BCUT2D eigenvalue weighted by molar-refractivity contribution is -0.0387. The van der Waals surface area contributed by atoms with Crippen LogP contribution in [0.3, 0.4) is 0 Å². The van der Waals surface area contributed by atoms with Crippen LogP contribution in [0, 0.1) is 6.92 Å². The summed E-state index contributed by atoms with van der Waals surface area (Å²) in [6, 6.07) is 9.52. The summed E-state index contributed by atoms with van der Waals surface area (Å²) >= 11 is 6.52. The van der Waals surface area contributed by atoms with Crippen molar-refractivity contribution in [2.24, 2.45) is 0 Å². The van der Waals surface area contributed by atoms with Crippen LogP contribution >= 0.6 is 11.6 Å². The van der Waals surface area contributed by atoms with Gasteiger partial charge in [-0.3, -0.25) is 4.40 Å². The standard InChI is InChI=1S/C20H17ClN4O/c1-12-17-11-23-18(25(17)19-16(24-12)4-2-9-22-19)14-10-13(5-6-15(14)21)20(26)7-3-8-20/h2,4-6,9-11,26H,3,7-8H2,1H3. The van der Waals surface area contributed by atoms with Crippen molar-refractivity contribution in [2.45, 2.75) is 31.8 Å². The molecule has 3 aromatic heterocycles. The quantitative estimate of drug-likeness (QED) is 0.576. The molecule has 5 nitrogen and oxygen atoms in total. The van der Waals surface area contributed by atoms with Crippen LogP contribution < -0.4 is 0 Å². The molecule has 4 aromatic rings. The molecular formula is C20H17ClN4O. The minimum absolute atomic E-state index is 0.600. The Labute approximate surface area is 155 Å². The zero-order valence-electron chi connectivity index (χ0n) is 14.3. The van der Waals surface area contributed by atoms with E-state index in [-0.39, 0.29) is 0 Å². The number of nitrogens with zero attached hydrogens (tertiary/aromatic N) is 4. The van der Waals surface area contributed by atoms with Gasteiger partial charge in [-0.05, 0) is 56.0 Å². The van der Waals surface area contributed by atoms with Crippen LogP contribution in [0.15, 0.2) is 42.7 Å². The van der Waals surface area contributed by atoms with Gasteiger partial charge in [0, 0.05) is 11.8 Å². The second kappa shape index (κ2) is 5.50. The fourth-order valence-corrected chi connectivity index (χ4v) is 3.89. The van der Waals surface area contributed by atoms with Gasteiger partial charge in [0.25, 0.3) is 0 Å². The summed E-state index contributed by atoms with van der Waals surface area (Å²) in [6.45, 7) is 1.96. The second-order valence-corrected chi connectivity index (χ2v) is 7.33. The smallest absolute Gasteiger partial charge is 0.164 e. The number of hydrogen-bond donors (Lipinski definition) is 1. The third-order valence-corrected chi connectivity index (χ3v) is 5.65. The Bertz CT molecular complexity index is 1160. The summed E-state index contributed by atoms with van der Waals surface area (Å²) in [6.07, 6.45) is 6.15. The Kier molecular flexibility index (Phi) is 3.33. The molecule has 0 amide bonds. The number of aliphatic hydroxyl groups is 1. The van der Waals surface area contributed by atoms with E-state index >= 15 is 0 Å². The maximum atomic E-state index is 10.7. The van der Waals surface area contributed by atoms with Crippen molar-refractivity contribution in [1.82, 2.24) is 19.4 Å². The highest BCUT2D eigenvalue weighted by Gasteiger charge is 2.36. The molecule has 0 bridgehead atoms. The molecule has 0 spiro atoms. The molecule has 0 unspecified atom stereocenters. The normalized spacial score (nSPS) is 16.1. The van der Waals surface area contributed by atoms with Gasteiger partial charge in [-0.25, -0.2) is 15.0 Å². The zero-order chi connectivity index (χ0) is 17.9. The monoisotopic (exact) mass is 364 g/mol. The summed E-state index contributed by atoms with van der Waals surface area (Å²) < 4.78 is 1.99. The van der Waals surface area contributed by atoms with Gasteiger partial charge in [-0.1, -0.05) is 17.7 Å². The maximum absolute atomic E-state index is 10.7. The molecule has 0 atom stereocenters. The second-order valence-electron chi connectivity index (χ2n) is 6.93. The van der Waals surface area contributed by atoms with E-state index < -0.39 is 5.60 Å². The van der Waals surface area contributed by atoms with E-state index in [4.69, 9.17) is 11.6 Å². The molecule has 1 saturated carbocycles. The highest BCUT2D eigenvalue weighted by molar-refractivity contribution is 6.33. The van der Waals surface area contributed by atoms with E-state index in [9.17, 15) is 5.11 Å². The summed E-state index contributed by atoms with van der Waals surface area (Å²) in [7, 11) is 0. The Morgan fingerprint density at radius 1 is 1.19 bits per heavy atom. The molecular weight excluding hydrogens is 348 g/mol. The predicted octanol–water partition coefficient (Wildman–Crippen LogP) is 4.28. The number of pyridine rings is 1. The third kappa shape index (κ3) is 2.17. The average Bonchev–Trinajstić information content (AvgIpc) is 3.06. The van der Waals surface area contributed by atoms with Crippen LogP contribution in [0.1, 0.15) is 30.5 Å². The molecule has 1 aromatic carbocycles. The SMILES string of the molecule is Cc1nc2cccnc2n2c(-c3cc(C4(O)CCC4)ccc3Cl)ncc12. The summed E-state index contributed by atoms with van der Waals surface area (Å²) in [5, 5.41) is 11.3. The van der Waals surface area contributed by atoms with Gasteiger partial charge < -0.3 is 5.11 Å². The molecule has 3 heterocycles. The fraction of sp³-hybridized carbons (Fsp3) is 0.250. The van der Waals surface area contributed by atoms with Crippen LogP contribution in [0.4, 0.5) is 0 Å². The molecule has 0 radical (unpaired) electrons. The van der Waals surface area contributed by atoms with Crippen molar-refractivity contribution in [3.8, 4) is 11.4 Å². The highest BCUT2D eigenvalue weighted by Crippen LogP contribution is 2.43. The van der Waals surface area contributed by atoms with Gasteiger partial charge in [-0.2, -0.15) is 0 Å². The summed E-state index contributed by atoms with van der Waals surface area (Å²) in [5.41, 5.74) is 4.27. The molecule has 130 valence electrons. The van der Waals surface area contributed by atoms with Gasteiger partial charge >= 0.3 is 0 Å². The minimum atomic E-state index is -0.746. The first-order valence-corrected chi connectivity index (χ1v) is 9.06. The molecule has 26 heavy (non-hydrogen) atoms. The summed E-state index contributed by atoms with van der Waals surface area (Å²) in [5.74, 6) is 0.712.